The van der Waals surface area contributed by atoms with Crippen LogP contribution in [0.25, 0.3) is 0 Å². The van der Waals surface area contributed by atoms with Crippen molar-refractivity contribution in [2.45, 2.75) is 31.6 Å². The molecule has 0 spiro atoms. The molecule has 20 heavy (non-hydrogen) atoms. The van der Waals surface area contributed by atoms with Crippen molar-refractivity contribution in [1.29, 1.82) is 5.26 Å². The summed E-state index contributed by atoms with van der Waals surface area (Å²) in [5, 5.41) is 10.2. The summed E-state index contributed by atoms with van der Waals surface area (Å²) in [6.07, 6.45) is 0. The van der Waals surface area contributed by atoms with Gasteiger partial charge in [-0.3, -0.25) is 0 Å². The summed E-state index contributed by atoms with van der Waals surface area (Å²) in [4.78, 5) is 4.57. The maximum absolute atomic E-state index is 9.35. The first-order valence-corrected chi connectivity index (χ1v) is 8.06. The molecular formula is C16H15BrN2S. The van der Waals surface area contributed by atoms with E-state index >= 15 is 0 Å². The van der Waals surface area contributed by atoms with Crippen LogP contribution in [0.15, 0.2) is 33.8 Å². The Kier molecular flexibility index (Phi) is 4.85. The fourth-order valence-corrected chi connectivity index (χ4v) is 3.61. The third-order valence-electron chi connectivity index (χ3n) is 3.40. The summed E-state index contributed by atoms with van der Waals surface area (Å²) < 4.78 is 1.09. The second-order valence-electron chi connectivity index (χ2n) is 4.62. The molecule has 2 aromatic rings. The van der Waals surface area contributed by atoms with Crippen LogP contribution in [0.1, 0.15) is 27.9 Å². The topological polar surface area (TPSA) is 36.7 Å². The molecule has 0 unspecified atom stereocenters. The predicted octanol–water partition coefficient (Wildman–Crippen LogP) is 4.93. The van der Waals surface area contributed by atoms with Crippen molar-refractivity contribution in [2.24, 2.45) is 0 Å². The second-order valence-corrected chi connectivity index (χ2v) is 6.44. The molecule has 0 radical (unpaired) electrons. The monoisotopic (exact) mass is 346 g/mol. The van der Waals surface area contributed by atoms with E-state index in [4.69, 9.17) is 0 Å². The van der Waals surface area contributed by atoms with Gasteiger partial charge in [-0.1, -0.05) is 34.1 Å². The van der Waals surface area contributed by atoms with Crippen LogP contribution >= 0.6 is 27.7 Å². The van der Waals surface area contributed by atoms with Gasteiger partial charge in [0.15, 0.2) is 0 Å². The summed E-state index contributed by atoms with van der Waals surface area (Å²) in [5.74, 6) is 0.797. The fourth-order valence-electron chi connectivity index (χ4n) is 1.91. The van der Waals surface area contributed by atoms with Gasteiger partial charge in [-0.2, -0.15) is 5.26 Å². The number of aromatic nitrogens is 1. The molecule has 0 bridgehead atoms. The molecule has 0 saturated carbocycles. The molecule has 0 aliphatic heterocycles. The number of pyridine rings is 1. The third kappa shape index (κ3) is 3.05. The molecule has 0 aliphatic carbocycles. The van der Waals surface area contributed by atoms with E-state index in [1.807, 2.05) is 39.0 Å². The summed E-state index contributed by atoms with van der Waals surface area (Å²) in [7, 11) is 0. The lowest BCUT2D eigenvalue weighted by Crippen LogP contribution is -1.99. The van der Waals surface area contributed by atoms with Gasteiger partial charge in [-0.05, 0) is 43.5 Å². The molecule has 2 nitrogen and oxygen atoms in total. The Labute approximate surface area is 132 Å². The van der Waals surface area contributed by atoms with Crippen LogP contribution in [0.4, 0.5) is 0 Å². The lowest BCUT2D eigenvalue weighted by atomic mass is 10.1. The van der Waals surface area contributed by atoms with Crippen molar-refractivity contribution in [2.75, 3.05) is 0 Å². The zero-order chi connectivity index (χ0) is 14.7. The molecule has 0 aliphatic rings. The minimum Gasteiger partial charge on any atom is -0.245 e. The lowest BCUT2D eigenvalue weighted by Gasteiger charge is -2.11. The average Bonchev–Trinajstić information content (AvgIpc) is 2.44. The molecule has 1 aromatic heterocycles. The average molecular weight is 347 g/mol. The molecule has 0 amide bonds. The van der Waals surface area contributed by atoms with Gasteiger partial charge in [0.1, 0.15) is 11.1 Å². The van der Waals surface area contributed by atoms with Crippen molar-refractivity contribution >= 4 is 27.7 Å². The summed E-state index contributed by atoms with van der Waals surface area (Å²) >= 11 is 5.16. The number of benzene rings is 1. The summed E-state index contributed by atoms with van der Waals surface area (Å²) in [6.45, 7) is 6.00. The van der Waals surface area contributed by atoms with E-state index in [0.29, 0.717) is 5.56 Å². The Hall–Kier alpha value is -1.31. The Morgan fingerprint density at radius 1 is 1.20 bits per heavy atom. The van der Waals surface area contributed by atoms with E-state index in [1.165, 1.54) is 5.56 Å². The van der Waals surface area contributed by atoms with E-state index in [2.05, 4.69) is 33.0 Å². The first-order valence-electron chi connectivity index (χ1n) is 6.28. The Morgan fingerprint density at radius 2 is 1.90 bits per heavy atom. The minimum atomic E-state index is 0.699. The minimum absolute atomic E-state index is 0.699. The van der Waals surface area contributed by atoms with E-state index < -0.39 is 0 Å². The number of nitriles is 1. The van der Waals surface area contributed by atoms with Crippen molar-refractivity contribution in [3.8, 4) is 6.07 Å². The summed E-state index contributed by atoms with van der Waals surface area (Å²) in [6, 6.07) is 10.4. The van der Waals surface area contributed by atoms with Gasteiger partial charge in [-0.25, -0.2) is 4.98 Å². The Bertz CT molecular complexity index is 690. The lowest BCUT2D eigenvalue weighted by molar-refractivity contribution is 0.998. The van der Waals surface area contributed by atoms with Crippen molar-refractivity contribution in [1.82, 2.24) is 4.98 Å². The number of hydrogen-bond donors (Lipinski definition) is 0. The van der Waals surface area contributed by atoms with E-state index in [9.17, 15) is 5.26 Å². The smallest absolute Gasteiger partial charge is 0.115 e. The van der Waals surface area contributed by atoms with E-state index in [-0.39, 0.29) is 0 Å². The van der Waals surface area contributed by atoms with Gasteiger partial charge in [0.05, 0.1) is 5.56 Å². The van der Waals surface area contributed by atoms with Crippen LogP contribution in [-0.4, -0.2) is 4.98 Å². The van der Waals surface area contributed by atoms with Gasteiger partial charge in [0.25, 0.3) is 0 Å². The van der Waals surface area contributed by atoms with E-state index in [1.54, 1.807) is 11.8 Å². The normalized spacial score (nSPS) is 10.3. The van der Waals surface area contributed by atoms with Gasteiger partial charge in [0, 0.05) is 15.9 Å². The molecule has 4 heteroatoms. The van der Waals surface area contributed by atoms with Crippen molar-refractivity contribution in [3.63, 3.8) is 0 Å². The van der Waals surface area contributed by atoms with Crippen LogP contribution < -0.4 is 0 Å². The molecule has 0 N–H and O–H groups in total. The molecule has 1 aromatic carbocycles. The maximum Gasteiger partial charge on any atom is 0.115 e. The highest BCUT2D eigenvalue weighted by molar-refractivity contribution is 9.10. The van der Waals surface area contributed by atoms with Gasteiger partial charge < -0.3 is 0 Å². The second kappa shape index (κ2) is 6.43. The van der Waals surface area contributed by atoms with Gasteiger partial charge in [-0.15, -0.1) is 11.8 Å². The van der Waals surface area contributed by atoms with Crippen LogP contribution in [0.5, 0.6) is 0 Å². The number of halogens is 1. The number of aryl methyl sites for hydroxylation is 1. The number of nitrogens with zero attached hydrogens (tertiary/aromatic N) is 2. The fraction of sp³-hybridized carbons (Fsp3) is 0.250. The summed E-state index contributed by atoms with van der Waals surface area (Å²) in [5.41, 5.74) is 5.04. The first kappa shape index (κ1) is 15.1. The maximum atomic E-state index is 9.35. The molecular weight excluding hydrogens is 332 g/mol. The SMILES string of the molecule is Cc1nc(SCc2ccccc2Br)c(C#N)c(C)c1C. The predicted molar refractivity (Wildman–Crippen MR) is 86.9 cm³/mol. The van der Waals surface area contributed by atoms with Crippen LogP contribution in [0.3, 0.4) is 0 Å². The van der Waals surface area contributed by atoms with Crippen LogP contribution in [-0.2, 0) is 5.75 Å². The van der Waals surface area contributed by atoms with Crippen molar-refractivity contribution in [3.05, 3.63) is 56.7 Å². The Morgan fingerprint density at radius 3 is 2.55 bits per heavy atom. The van der Waals surface area contributed by atoms with Crippen LogP contribution in [0.2, 0.25) is 0 Å². The molecule has 1 heterocycles. The largest absolute Gasteiger partial charge is 0.245 e. The number of thioether (sulfide) groups is 1. The quantitative estimate of drug-likeness (QED) is 0.739. The highest BCUT2D eigenvalue weighted by Crippen LogP contribution is 2.30. The molecule has 0 saturated heterocycles. The molecule has 2 rings (SSSR count). The van der Waals surface area contributed by atoms with Gasteiger partial charge >= 0.3 is 0 Å². The molecule has 0 atom stereocenters. The van der Waals surface area contributed by atoms with E-state index in [0.717, 1.165) is 32.1 Å². The van der Waals surface area contributed by atoms with Crippen molar-refractivity contribution < 1.29 is 0 Å². The standard InChI is InChI=1S/C16H15BrN2S/c1-10-11(2)14(8-18)16(19-12(10)3)20-9-13-6-4-5-7-15(13)17/h4-7H,9H2,1-3H3. The highest BCUT2D eigenvalue weighted by Gasteiger charge is 2.13. The molecule has 102 valence electrons. The van der Waals surface area contributed by atoms with Crippen LogP contribution in [0, 0.1) is 32.1 Å². The molecule has 0 fully saturated rings. The number of hydrogen-bond acceptors (Lipinski definition) is 3. The first-order chi connectivity index (χ1) is 9.54. The third-order valence-corrected chi connectivity index (χ3v) is 5.20. The highest BCUT2D eigenvalue weighted by atomic mass is 79.9. The van der Waals surface area contributed by atoms with Gasteiger partial charge in [0.2, 0.25) is 0 Å². The Balaban J connectivity index is 2.31. The number of rotatable bonds is 3. The zero-order valence-corrected chi connectivity index (χ0v) is 14.1. The zero-order valence-electron chi connectivity index (χ0n) is 11.7.